The fourth-order valence-corrected chi connectivity index (χ4v) is 2.26. The topological polar surface area (TPSA) is 55.7 Å². The van der Waals surface area contributed by atoms with Gasteiger partial charge in [-0.25, -0.2) is 4.39 Å². The molecule has 110 valence electrons. The Bertz CT molecular complexity index is 647. The second-order valence-corrected chi connectivity index (χ2v) is 4.87. The van der Waals surface area contributed by atoms with Crippen molar-refractivity contribution in [2.45, 2.75) is 13.8 Å². The van der Waals surface area contributed by atoms with Gasteiger partial charge in [-0.2, -0.15) is 0 Å². The van der Waals surface area contributed by atoms with Crippen molar-refractivity contribution in [1.29, 1.82) is 0 Å². The lowest BCUT2D eigenvalue weighted by atomic mass is 10.00. The predicted octanol–water partition coefficient (Wildman–Crippen LogP) is 3.04. The lowest BCUT2D eigenvalue weighted by Crippen LogP contribution is -2.28. The van der Waals surface area contributed by atoms with Crippen LogP contribution in [0.5, 0.6) is 0 Å². The summed E-state index contributed by atoms with van der Waals surface area (Å²) in [5, 5.41) is 0.169. The van der Waals surface area contributed by atoms with E-state index in [-0.39, 0.29) is 22.9 Å². The second kappa shape index (κ2) is 6.18. The molecule has 0 amide bonds. The number of carbonyl (C=O) groups is 2. The van der Waals surface area contributed by atoms with Crippen molar-refractivity contribution in [3.63, 3.8) is 0 Å². The van der Waals surface area contributed by atoms with Gasteiger partial charge in [-0.3, -0.25) is 14.6 Å². The van der Waals surface area contributed by atoms with Gasteiger partial charge in [0, 0.05) is 11.3 Å². The number of ketones is 1. The first-order chi connectivity index (χ1) is 9.95. The Morgan fingerprint density at radius 2 is 2.24 bits per heavy atom. The molecule has 1 aromatic rings. The summed E-state index contributed by atoms with van der Waals surface area (Å²) < 4.78 is 18.6. The van der Waals surface area contributed by atoms with Gasteiger partial charge in [0.05, 0.1) is 11.6 Å². The summed E-state index contributed by atoms with van der Waals surface area (Å²) in [6.45, 7) is 3.39. The van der Waals surface area contributed by atoms with Gasteiger partial charge in [0.15, 0.2) is 5.92 Å². The van der Waals surface area contributed by atoms with Crippen LogP contribution in [0.4, 0.5) is 4.39 Å². The largest absolute Gasteiger partial charge is 0.465 e. The quantitative estimate of drug-likeness (QED) is 0.490. The number of hydrogen-bond donors (Lipinski definition) is 0. The Morgan fingerprint density at radius 1 is 1.52 bits per heavy atom. The van der Waals surface area contributed by atoms with E-state index < -0.39 is 23.5 Å². The van der Waals surface area contributed by atoms with Gasteiger partial charge >= 0.3 is 5.97 Å². The molecule has 1 atom stereocenters. The van der Waals surface area contributed by atoms with Crippen molar-refractivity contribution >= 4 is 35.1 Å². The molecule has 6 heteroatoms. The summed E-state index contributed by atoms with van der Waals surface area (Å²) in [7, 11) is 0. The average Bonchev–Trinajstić information content (AvgIpc) is 2.69. The average molecular weight is 310 g/mol. The van der Waals surface area contributed by atoms with Crippen LogP contribution in [0.25, 0.3) is 6.08 Å². The molecule has 21 heavy (non-hydrogen) atoms. The van der Waals surface area contributed by atoms with Gasteiger partial charge in [-0.05, 0) is 32.1 Å². The molecule has 0 saturated carbocycles. The number of allylic oxidation sites excluding steroid dienone is 1. The lowest BCUT2D eigenvalue weighted by molar-refractivity contribution is -0.147. The van der Waals surface area contributed by atoms with E-state index in [1.54, 1.807) is 13.8 Å². The minimum absolute atomic E-state index is 0.00227. The molecule has 4 nitrogen and oxygen atoms in total. The Balaban J connectivity index is 2.37. The lowest BCUT2D eigenvalue weighted by Gasteiger charge is -2.07. The molecular formula is C15H13ClFNO3. The van der Waals surface area contributed by atoms with Crippen molar-refractivity contribution in [2.75, 3.05) is 6.61 Å². The van der Waals surface area contributed by atoms with Gasteiger partial charge < -0.3 is 4.74 Å². The molecule has 1 heterocycles. The first-order valence-corrected chi connectivity index (χ1v) is 6.75. The zero-order valence-electron chi connectivity index (χ0n) is 11.5. The Kier molecular flexibility index (Phi) is 4.53. The highest BCUT2D eigenvalue weighted by Crippen LogP contribution is 2.27. The predicted molar refractivity (Wildman–Crippen MR) is 77.6 cm³/mol. The van der Waals surface area contributed by atoms with Crippen LogP contribution in [0.2, 0.25) is 5.02 Å². The number of ether oxygens (including phenoxy) is 1. The molecule has 0 spiro atoms. The second-order valence-electron chi connectivity index (χ2n) is 4.47. The first-order valence-electron chi connectivity index (χ1n) is 6.37. The van der Waals surface area contributed by atoms with E-state index in [9.17, 15) is 14.0 Å². The number of aliphatic imine (C=N–C) groups is 1. The minimum Gasteiger partial charge on any atom is -0.465 e. The summed E-state index contributed by atoms with van der Waals surface area (Å²) in [6, 6.07) is 4.21. The third-order valence-corrected chi connectivity index (χ3v) is 3.36. The molecule has 0 aliphatic carbocycles. The summed E-state index contributed by atoms with van der Waals surface area (Å²) in [4.78, 5) is 28.0. The highest BCUT2D eigenvalue weighted by Gasteiger charge is 2.38. The summed E-state index contributed by atoms with van der Waals surface area (Å²) in [5.41, 5.74) is 0.401. The highest BCUT2D eigenvalue weighted by molar-refractivity contribution is 6.33. The smallest absolute Gasteiger partial charge is 0.322 e. The third-order valence-electron chi connectivity index (χ3n) is 3.03. The normalized spacial score (nSPS) is 19.8. The molecule has 0 radical (unpaired) electrons. The van der Waals surface area contributed by atoms with Crippen LogP contribution >= 0.6 is 11.6 Å². The molecule has 0 aromatic heterocycles. The number of rotatable bonds is 3. The van der Waals surface area contributed by atoms with E-state index >= 15 is 0 Å². The van der Waals surface area contributed by atoms with Gasteiger partial charge in [-0.15, -0.1) is 0 Å². The molecule has 0 fully saturated rings. The van der Waals surface area contributed by atoms with Crippen LogP contribution in [0.1, 0.15) is 19.4 Å². The summed E-state index contributed by atoms with van der Waals surface area (Å²) >= 11 is 5.90. The van der Waals surface area contributed by atoms with Crippen LogP contribution < -0.4 is 0 Å². The van der Waals surface area contributed by atoms with Crippen molar-refractivity contribution in [3.05, 3.63) is 40.3 Å². The maximum Gasteiger partial charge on any atom is 0.322 e. The third kappa shape index (κ3) is 3.03. The van der Waals surface area contributed by atoms with Gasteiger partial charge in [0.2, 0.25) is 5.78 Å². The zero-order valence-corrected chi connectivity index (χ0v) is 12.3. The maximum atomic E-state index is 13.7. The number of hydrogen-bond acceptors (Lipinski definition) is 4. The molecule has 2 rings (SSSR count). The standard InChI is InChI=1S/C15H13ClFNO3/c1-3-21-15(20)13-8(2)18-12(14(13)19)7-9-10(16)5-4-6-11(9)17/h4-7,13H,3H2,1-2H3/b12-7+. The van der Waals surface area contributed by atoms with Gasteiger partial charge in [-0.1, -0.05) is 17.7 Å². The molecule has 1 aliphatic rings. The number of halogens is 2. The molecule has 1 unspecified atom stereocenters. The van der Waals surface area contributed by atoms with Crippen LogP contribution in [-0.4, -0.2) is 24.1 Å². The van der Waals surface area contributed by atoms with E-state index in [1.165, 1.54) is 24.3 Å². The SMILES string of the molecule is CCOC(=O)C1C(=O)/C(=C\c2c(F)cccc2Cl)N=C1C. The number of Topliss-reactive ketones (excluding diaryl/α,β-unsaturated/α-hetero) is 1. The Morgan fingerprint density at radius 3 is 2.86 bits per heavy atom. The minimum atomic E-state index is -1.05. The highest BCUT2D eigenvalue weighted by atomic mass is 35.5. The number of benzene rings is 1. The fraction of sp³-hybridized carbons (Fsp3) is 0.267. The Labute approximate surface area is 126 Å². The van der Waals surface area contributed by atoms with Crippen LogP contribution in [-0.2, 0) is 14.3 Å². The molecule has 0 bridgehead atoms. The molecule has 0 N–H and O–H groups in total. The van der Waals surface area contributed by atoms with Crippen molar-refractivity contribution in [2.24, 2.45) is 10.9 Å². The van der Waals surface area contributed by atoms with Crippen molar-refractivity contribution in [3.8, 4) is 0 Å². The van der Waals surface area contributed by atoms with E-state index in [0.717, 1.165) is 0 Å². The number of nitrogens with zero attached hydrogens (tertiary/aromatic N) is 1. The zero-order chi connectivity index (χ0) is 15.6. The number of esters is 1. The summed E-state index contributed by atoms with van der Waals surface area (Å²) in [5.74, 6) is -2.77. The first kappa shape index (κ1) is 15.4. The van der Waals surface area contributed by atoms with Gasteiger partial charge in [0.25, 0.3) is 0 Å². The van der Waals surface area contributed by atoms with Crippen molar-refractivity contribution < 1.29 is 18.7 Å². The van der Waals surface area contributed by atoms with E-state index in [4.69, 9.17) is 16.3 Å². The van der Waals surface area contributed by atoms with Crippen LogP contribution in [0, 0.1) is 11.7 Å². The molecule has 1 aromatic carbocycles. The van der Waals surface area contributed by atoms with E-state index in [1.807, 2.05) is 0 Å². The summed E-state index contributed by atoms with van der Waals surface area (Å²) in [6.07, 6.45) is 1.25. The van der Waals surface area contributed by atoms with E-state index in [0.29, 0.717) is 5.71 Å². The Hall–Kier alpha value is -2.01. The maximum absolute atomic E-state index is 13.7. The monoisotopic (exact) mass is 309 g/mol. The van der Waals surface area contributed by atoms with Crippen molar-refractivity contribution in [1.82, 2.24) is 0 Å². The van der Waals surface area contributed by atoms with Crippen LogP contribution in [0.3, 0.4) is 0 Å². The molecule has 0 saturated heterocycles. The van der Waals surface area contributed by atoms with Crippen LogP contribution in [0.15, 0.2) is 28.9 Å². The molecule has 1 aliphatic heterocycles. The van der Waals surface area contributed by atoms with Gasteiger partial charge in [0.1, 0.15) is 11.5 Å². The number of carbonyl (C=O) groups excluding carboxylic acids is 2. The molecular weight excluding hydrogens is 297 g/mol. The van der Waals surface area contributed by atoms with E-state index in [2.05, 4.69) is 4.99 Å². The fourth-order valence-electron chi connectivity index (χ4n) is 2.04.